The molecule has 142 valence electrons. The summed E-state index contributed by atoms with van der Waals surface area (Å²) < 4.78 is 0. The van der Waals surface area contributed by atoms with E-state index in [0.717, 1.165) is 23.1 Å². The summed E-state index contributed by atoms with van der Waals surface area (Å²) in [4.78, 5) is 29.2. The van der Waals surface area contributed by atoms with E-state index in [-0.39, 0.29) is 11.8 Å². The molecule has 1 fully saturated rings. The van der Waals surface area contributed by atoms with E-state index >= 15 is 0 Å². The molecule has 4 nitrogen and oxygen atoms in total. The zero-order chi connectivity index (χ0) is 19.4. The first-order valence-electron chi connectivity index (χ1n) is 9.64. The van der Waals surface area contributed by atoms with Crippen molar-refractivity contribution in [2.75, 3.05) is 20.6 Å². The molecule has 0 aliphatic carbocycles. The van der Waals surface area contributed by atoms with Crippen LogP contribution >= 0.6 is 0 Å². The van der Waals surface area contributed by atoms with Crippen LogP contribution in [-0.2, 0) is 16.0 Å². The Kier molecular flexibility index (Phi) is 5.64. The van der Waals surface area contributed by atoms with E-state index in [2.05, 4.69) is 30.3 Å². The summed E-state index contributed by atoms with van der Waals surface area (Å²) in [6, 6.07) is 18.6. The summed E-state index contributed by atoms with van der Waals surface area (Å²) in [5, 5.41) is 0. The van der Waals surface area contributed by atoms with Crippen LogP contribution in [0.5, 0.6) is 0 Å². The Balaban J connectivity index is 1.98. The second kappa shape index (κ2) is 7.95. The van der Waals surface area contributed by atoms with Crippen LogP contribution in [0.15, 0.2) is 54.6 Å². The van der Waals surface area contributed by atoms with Gasteiger partial charge in [-0.25, -0.2) is 0 Å². The van der Waals surface area contributed by atoms with E-state index in [0.29, 0.717) is 25.8 Å². The molecule has 0 aromatic heterocycles. The Bertz CT molecular complexity index is 816. The molecule has 4 heteroatoms. The molecule has 2 aromatic rings. The van der Waals surface area contributed by atoms with Crippen molar-refractivity contribution in [3.05, 3.63) is 60.2 Å². The van der Waals surface area contributed by atoms with Crippen molar-refractivity contribution >= 4 is 11.8 Å². The molecule has 1 heterocycles. The Hall–Kier alpha value is -2.62. The largest absolute Gasteiger partial charge is 0.347 e. The Morgan fingerprint density at radius 2 is 1.74 bits per heavy atom. The number of nitrogens with zero attached hydrogens (tertiary/aromatic N) is 2. The molecular formula is C23H28N2O2. The van der Waals surface area contributed by atoms with Crippen LogP contribution in [0.3, 0.4) is 0 Å². The van der Waals surface area contributed by atoms with Gasteiger partial charge in [0.15, 0.2) is 0 Å². The average Bonchev–Trinajstić information content (AvgIpc) is 3.12. The van der Waals surface area contributed by atoms with Crippen molar-refractivity contribution in [3.8, 4) is 11.1 Å². The van der Waals surface area contributed by atoms with Crippen molar-refractivity contribution in [1.29, 1.82) is 0 Å². The average molecular weight is 364 g/mol. The second-order valence-corrected chi connectivity index (χ2v) is 7.48. The van der Waals surface area contributed by atoms with Gasteiger partial charge in [0.05, 0.1) is 0 Å². The van der Waals surface area contributed by atoms with Crippen LogP contribution in [0.1, 0.15) is 31.7 Å². The molecular weight excluding hydrogens is 336 g/mol. The van der Waals surface area contributed by atoms with E-state index < -0.39 is 5.54 Å². The molecule has 2 amide bonds. The summed E-state index contributed by atoms with van der Waals surface area (Å²) in [6.45, 7) is 2.52. The highest BCUT2D eigenvalue weighted by molar-refractivity contribution is 5.92. The Morgan fingerprint density at radius 1 is 1.04 bits per heavy atom. The minimum absolute atomic E-state index is 0.0203. The molecule has 27 heavy (non-hydrogen) atoms. The summed E-state index contributed by atoms with van der Waals surface area (Å²) in [6.07, 6.45) is 2.55. The minimum Gasteiger partial charge on any atom is -0.347 e. The lowest BCUT2D eigenvalue weighted by molar-refractivity contribution is -0.149. The molecule has 1 saturated heterocycles. The van der Waals surface area contributed by atoms with E-state index in [9.17, 15) is 9.59 Å². The van der Waals surface area contributed by atoms with Gasteiger partial charge in [0.2, 0.25) is 11.8 Å². The van der Waals surface area contributed by atoms with Crippen molar-refractivity contribution in [1.82, 2.24) is 9.80 Å². The minimum atomic E-state index is -0.772. The fraction of sp³-hybridized carbons (Fsp3) is 0.391. The summed E-state index contributed by atoms with van der Waals surface area (Å²) in [7, 11) is 3.55. The first kappa shape index (κ1) is 19.2. The monoisotopic (exact) mass is 364 g/mol. The van der Waals surface area contributed by atoms with Crippen LogP contribution in [0.2, 0.25) is 0 Å². The predicted molar refractivity (Wildman–Crippen MR) is 108 cm³/mol. The van der Waals surface area contributed by atoms with Crippen molar-refractivity contribution in [3.63, 3.8) is 0 Å². The summed E-state index contributed by atoms with van der Waals surface area (Å²) in [5.74, 6) is 0.0776. The number of amides is 2. The zero-order valence-electron chi connectivity index (χ0n) is 16.4. The van der Waals surface area contributed by atoms with Crippen LogP contribution in [0.4, 0.5) is 0 Å². The summed E-state index contributed by atoms with van der Waals surface area (Å²) in [5.41, 5.74) is 2.60. The van der Waals surface area contributed by atoms with Gasteiger partial charge in [-0.15, -0.1) is 0 Å². The van der Waals surface area contributed by atoms with Crippen LogP contribution in [-0.4, -0.2) is 47.8 Å². The molecule has 2 aromatic carbocycles. The van der Waals surface area contributed by atoms with Gasteiger partial charge >= 0.3 is 0 Å². The van der Waals surface area contributed by atoms with Gasteiger partial charge in [-0.2, -0.15) is 0 Å². The number of hydrogen-bond donors (Lipinski definition) is 0. The highest BCUT2D eigenvalue weighted by Crippen LogP contribution is 2.35. The maximum Gasteiger partial charge on any atom is 0.248 e. The number of rotatable bonds is 5. The standard InChI is InChI=1S/C23H28N2O2/c1-4-21(26)25-15-9-14-23(25,22(27)24(2)3)17-18-10-8-13-20(16-18)19-11-6-5-7-12-19/h5-8,10-13,16H,4,9,14-15,17H2,1-3H3. The number of likely N-dealkylation sites (tertiary alicyclic amines) is 1. The molecule has 0 bridgehead atoms. The van der Waals surface area contributed by atoms with Gasteiger partial charge in [0.25, 0.3) is 0 Å². The van der Waals surface area contributed by atoms with Gasteiger partial charge in [-0.05, 0) is 29.5 Å². The Morgan fingerprint density at radius 3 is 2.41 bits per heavy atom. The number of carbonyl (C=O) groups excluding carboxylic acids is 2. The number of likely N-dealkylation sites (N-methyl/N-ethyl adjacent to an activating group) is 1. The number of hydrogen-bond acceptors (Lipinski definition) is 2. The van der Waals surface area contributed by atoms with Crippen LogP contribution < -0.4 is 0 Å². The lowest BCUT2D eigenvalue weighted by Crippen LogP contribution is -2.58. The third-order valence-corrected chi connectivity index (χ3v) is 5.43. The zero-order valence-corrected chi connectivity index (χ0v) is 16.4. The third kappa shape index (κ3) is 3.75. The topological polar surface area (TPSA) is 40.6 Å². The highest BCUT2D eigenvalue weighted by Gasteiger charge is 2.49. The SMILES string of the molecule is CCC(=O)N1CCCC1(Cc1cccc(-c2ccccc2)c1)C(=O)N(C)C. The lowest BCUT2D eigenvalue weighted by atomic mass is 9.85. The molecule has 1 unspecified atom stereocenters. The van der Waals surface area contributed by atoms with E-state index in [1.165, 1.54) is 0 Å². The smallest absolute Gasteiger partial charge is 0.248 e. The lowest BCUT2D eigenvalue weighted by Gasteiger charge is -2.39. The summed E-state index contributed by atoms with van der Waals surface area (Å²) >= 11 is 0. The van der Waals surface area contributed by atoms with Gasteiger partial charge in [-0.1, -0.05) is 61.5 Å². The quantitative estimate of drug-likeness (QED) is 0.811. The molecule has 0 spiro atoms. The fourth-order valence-electron chi connectivity index (χ4n) is 4.16. The highest BCUT2D eigenvalue weighted by atomic mass is 16.2. The molecule has 0 radical (unpaired) electrons. The van der Waals surface area contributed by atoms with Gasteiger partial charge in [0.1, 0.15) is 5.54 Å². The van der Waals surface area contributed by atoms with Crippen LogP contribution in [0.25, 0.3) is 11.1 Å². The maximum absolute atomic E-state index is 13.2. The van der Waals surface area contributed by atoms with Gasteiger partial charge in [-0.3, -0.25) is 9.59 Å². The molecule has 1 aliphatic rings. The van der Waals surface area contributed by atoms with Gasteiger partial charge < -0.3 is 9.80 Å². The predicted octanol–water partition coefficient (Wildman–Crippen LogP) is 3.76. The molecule has 1 aliphatic heterocycles. The number of carbonyl (C=O) groups is 2. The maximum atomic E-state index is 13.2. The molecule has 3 rings (SSSR count). The second-order valence-electron chi connectivity index (χ2n) is 7.48. The third-order valence-electron chi connectivity index (χ3n) is 5.43. The van der Waals surface area contributed by atoms with Crippen molar-refractivity contribution in [2.45, 2.75) is 38.1 Å². The molecule has 0 saturated carbocycles. The normalized spacial score (nSPS) is 19.1. The number of benzene rings is 2. The first-order chi connectivity index (χ1) is 13.0. The first-order valence-corrected chi connectivity index (χ1v) is 9.64. The van der Waals surface area contributed by atoms with Crippen LogP contribution in [0, 0.1) is 0 Å². The van der Waals surface area contributed by atoms with E-state index in [4.69, 9.17) is 0 Å². The van der Waals surface area contributed by atoms with Gasteiger partial charge in [0, 0.05) is 33.5 Å². The van der Waals surface area contributed by atoms with E-state index in [1.807, 2.05) is 36.1 Å². The Labute approximate surface area is 161 Å². The van der Waals surface area contributed by atoms with Crippen molar-refractivity contribution in [2.24, 2.45) is 0 Å². The van der Waals surface area contributed by atoms with E-state index in [1.54, 1.807) is 19.0 Å². The molecule has 1 atom stereocenters. The molecule has 0 N–H and O–H groups in total. The van der Waals surface area contributed by atoms with Crippen molar-refractivity contribution < 1.29 is 9.59 Å². The fourth-order valence-corrected chi connectivity index (χ4v) is 4.16.